The lowest BCUT2D eigenvalue weighted by Crippen LogP contribution is -2.47. The van der Waals surface area contributed by atoms with Gasteiger partial charge in [-0.2, -0.15) is 0 Å². The second-order valence-electron chi connectivity index (χ2n) is 5.99. The number of nitro groups is 1. The topological polar surface area (TPSA) is 62.0 Å². The van der Waals surface area contributed by atoms with E-state index < -0.39 is 4.92 Å². The number of non-ortho nitro benzene ring substituents is 1. The van der Waals surface area contributed by atoms with Gasteiger partial charge in [-0.3, -0.25) is 20.0 Å². The first-order valence-corrected chi connectivity index (χ1v) is 9.30. The molecule has 0 N–H and O–H groups in total. The Balaban J connectivity index is 1.60. The molecule has 1 aliphatic heterocycles. The smallest absolute Gasteiger partial charge is 0.269 e. The van der Waals surface area contributed by atoms with Crippen LogP contribution in [-0.2, 0) is 0 Å². The summed E-state index contributed by atoms with van der Waals surface area (Å²) in [6.07, 6.45) is 1.76. The van der Waals surface area contributed by atoms with Crippen molar-refractivity contribution in [3.63, 3.8) is 0 Å². The summed E-state index contributed by atoms with van der Waals surface area (Å²) in [4.78, 5) is 19.2. The Morgan fingerprint density at radius 3 is 2.15 bits per heavy atom. The van der Waals surface area contributed by atoms with Crippen molar-refractivity contribution in [3.8, 4) is 0 Å². The number of hydrogen-bond donors (Lipinski definition) is 2. The molecule has 0 atom stereocenters. The van der Waals surface area contributed by atoms with Gasteiger partial charge in [0.2, 0.25) is 0 Å². The van der Waals surface area contributed by atoms with Crippen LogP contribution in [0, 0.1) is 10.1 Å². The number of nitro benzene ring substituents is 1. The molecule has 0 unspecified atom stereocenters. The molecule has 0 aromatic heterocycles. The quantitative estimate of drug-likeness (QED) is 0.270. The van der Waals surface area contributed by atoms with E-state index in [1.54, 1.807) is 18.3 Å². The molecule has 8 heteroatoms. The Morgan fingerprint density at radius 2 is 1.62 bits per heavy atom. The Morgan fingerprint density at radius 1 is 1.00 bits per heavy atom. The van der Waals surface area contributed by atoms with E-state index in [0.29, 0.717) is 5.69 Å². The van der Waals surface area contributed by atoms with Crippen molar-refractivity contribution in [2.45, 2.75) is 4.71 Å². The molecule has 0 spiro atoms. The zero-order valence-electron chi connectivity index (χ0n) is 14.1. The van der Waals surface area contributed by atoms with Gasteiger partial charge in [0.25, 0.3) is 5.69 Å². The van der Waals surface area contributed by atoms with Crippen molar-refractivity contribution >= 4 is 48.5 Å². The maximum atomic E-state index is 10.7. The van der Waals surface area contributed by atoms with Gasteiger partial charge >= 0.3 is 0 Å². The Kier molecular flexibility index (Phi) is 6.18. The molecule has 1 heterocycles. The van der Waals surface area contributed by atoms with Crippen LogP contribution >= 0.6 is 25.3 Å². The monoisotopic (exact) mass is 388 g/mol. The molecule has 0 amide bonds. The van der Waals surface area contributed by atoms with Gasteiger partial charge < -0.3 is 4.90 Å². The van der Waals surface area contributed by atoms with E-state index in [1.807, 2.05) is 12.1 Å². The fraction of sp³-hybridized carbons (Fsp3) is 0.278. The highest BCUT2D eigenvalue weighted by Crippen LogP contribution is 2.20. The van der Waals surface area contributed by atoms with Crippen molar-refractivity contribution in [2.24, 2.45) is 4.99 Å². The minimum Gasteiger partial charge on any atom is -0.369 e. The van der Waals surface area contributed by atoms with Crippen LogP contribution in [0.2, 0.25) is 0 Å². The third-order valence-electron chi connectivity index (χ3n) is 4.32. The number of piperazine rings is 1. The van der Waals surface area contributed by atoms with Gasteiger partial charge in [-0.05, 0) is 29.8 Å². The van der Waals surface area contributed by atoms with Gasteiger partial charge in [0.05, 0.1) is 15.3 Å². The molecule has 0 aliphatic carbocycles. The molecule has 1 fully saturated rings. The Hall–Kier alpha value is -2.03. The lowest BCUT2D eigenvalue weighted by Gasteiger charge is -2.37. The first-order valence-electron chi connectivity index (χ1n) is 8.27. The zero-order chi connectivity index (χ0) is 18.5. The minimum absolute atomic E-state index is 0.00448. The predicted molar refractivity (Wildman–Crippen MR) is 112 cm³/mol. The van der Waals surface area contributed by atoms with E-state index in [9.17, 15) is 10.1 Å². The van der Waals surface area contributed by atoms with Crippen LogP contribution in [0.4, 0.5) is 17.1 Å². The Labute approximate surface area is 163 Å². The molecule has 26 heavy (non-hydrogen) atoms. The predicted octanol–water partition coefficient (Wildman–Crippen LogP) is 3.61. The average molecular weight is 389 g/mol. The maximum Gasteiger partial charge on any atom is 0.269 e. The molecule has 136 valence electrons. The van der Waals surface area contributed by atoms with Crippen LogP contribution in [0.5, 0.6) is 0 Å². The average Bonchev–Trinajstić information content (AvgIpc) is 2.67. The first-order chi connectivity index (χ1) is 12.5. The van der Waals surface area contributed by atoms with E-state index in [-0.39, 0.29) is 10.4 Å². The summed E-state index contributed by atoms with van der Waals surface area (Å²) in [5.41, 5.74) is 2.92. The number of thiol groups is 2. The molecule has 2 aromatic carbocycles. The van der Waals surface area contributed by atoms with Gasteiger partial charge in [0.15, 0.2) is 0 Å². The van der Waals surface area contributed by atoms with E-state index in [1.165, 1.54) is 17.8 Å². The van der Waals surface area contributed by atoms with Crippen molar-refractivity contribution in [1.82, 2.24) is 4.90 Å². The molecule has 1 aliphatic rings. The molecular weight excluding hydrogens is 368 g/mol. The van der Waals surface area contributed by atoms with Crippen molar-refractivity contribution in [3.05, 3.63) is 64.2 Å². The SMILES string of the molecule is O=[N+]([O-])c1ccc(N=Cc2ccc(N3CCN(C(S)S)CC3)cc2)cc1. The van der Waals surface area contributed by atoms with Gasteiger partial charge in [-0.1, -0.05) is 12.1 Å². The Bertz CT molecular complexity index is 771. The van der Waals surface area contributed by atoms with Gasteiger partial charge in [0, 0.05) is 50.2 Å². The lowest BCUT2D eigenvalue weighted by atomic mass is 10.2. The highest BCUT2D eigenvalue weighted by atomic mass is 32.2. The highest BCUT2D eigenvalue weighted by Gasteiger charge is 2.19. The summed E-state index contributed by atoms with van der Waals surface area (Å²) in [5, 5.41) is 10.7. The summed E-state index contributed by atoms with van der Waals surface area (Å²) in [6.45, 7) is 3.80. The van der Waals surface area contributed by atoms with Crippen LogP contribution in [0.25, 0.3) is 0 Å². The standard InChI is InChI=1S/C18H20N4O2S2/c23-22(24)17-7-3-15(4-8-17)19-13-14-1-5-16(6-2-14)20-9-11-21(12-10-20)18(25)26/h1-8,13,18,25-26H,9-12H2. The van der Waals surface area contributed by atoms with Crippen LogP contribution in [0.15, 0.2) is 53.5 Å². The van der Waals surface area contributed by atoms with Gasteiger partial charge in [-0.15, -0.1) is 25.3 Å². The molecule has 3 rings (SSSR count). The van der Waals surface area contributed by atoms with Crippen molar-refractivity contribution in [1.29, 1.82) is 0 Å². The third-order valence-corrected chi connectivity index (χ3v) is 4.98. The molecule has 2 aromatic rings. The van der Waals surface area contributed by atoms with E-state index in [0.717, 1.165) is 31.7 Å². The summed E-state index contributed by atoms with van der Waals surface area (Å²) >= 11 is 8.73. The van der Waals surface area contributed by atoms with Gasteiger partial charge in [0.1, 0.15) is 0 Å². The zero-order valence-corrected chi connectivity index (χ0v) is 15.9. The molecular formula is C18H20N4O2S2. The molecule has 0 bridgehead atoms. The second-order valence-corrected chi connectivity index (χ2v) is 7.38. The van der Waals surface area contributed by atoms with E-state index in [4.69, 9.17) is 0 Å². The van der Waals surface area contributed by atoms with Crippen LogP contribution < -0.4 is 4.90 Å². The summed E-state index contributed by atoms with van der Waals surface area (Å²) < 4.78 is -0.00448. The fourth-order valence-corrected chi connectivity index (χ4v) is 3.25. The van der Waals surface area contributed by atoms with E-state index in [2.05, 4.69) is 52.2 Å². The molecule has 0 saturated carbocycles. The summed E-state index contributed by atoms with van der Waals surface area (Å²) in [7, 11) is 0. The van der Waals surface area contributed by atoms with Crippen LogP contribution in [0.3, 0.4) is 0 Å². The number of anilines is 1. The van der Waals surface area contributed by atoms with Gasteiger partial charge in [-0.25, -0.2) is 0 Å². The van der Waals surface area contributed by atoms with Crippen molar-refractivity contribution < 1.29 is 4.92 Å². The van der Waals surface area contributed by atoms with E-state index >= 15 is 0 Å². The fourth-order valence-electron chi connectivity index (χ4n) is 2.79. The normalized spacial score (nSPS) is 15.7. The summed E-state index contributed by atoms with van der Waals surface area (Å²) in [6, 6.07) is 14.4. The van der Waals surface area contributed by atoms with Crippen LogP contribution in [0.1, 0.15) is 5.56 Å². The number of hydrogen-bond acceptors (Lipinski definition) is 7. The number of aliphatic imine (C=N–C) groups is 1. The third kappa shape index (κ3) is 4.78. The number of benzene rings is 2. The first kappa shape index (κ1) is 18.8. The lowest BCUT2D eigenvalue weighted by molar-refractivity contribution is -0.384. The maximum absolute atomic E-state index is 10.7. The largest absolute Gasteiger partial charge is 0.369 e. The second kappa shape index (κ2) is 8.57. The molecule has 0 radical (unpaired) electrons. The van der Waals surface area contributed by atoms with Crippen LogP contribution in [-0.4, -0.2) is 46.9 Å². The molecule has 1 saturated heterocycles. The number of nitrogens with zero attached hydrogens (tertiary/aromatic N) is 4. The summed E-state index contributed by atoms with van der Waals surface area (Å²) in [5.74, 6) is 0. The highest BCUT2D eigenvalue weighted by molar-refractivity contribution is 7.99. The number of rotatable bonds is 5. The minimum atomic E-state index is -0.418. The van der Waals surface area contributed by atoms with Crippen molar-refractivity contribution in [2.75, 3.05) is 31.1 Å². The molecule has 6 nitrogen and oxygen atoms in total.